The number of esters is 1. The standard InChI is InChI=1S/C15H13ClN2O4/c1-10(14(19)17-12-7-3-2-6-11(12)16)22-15(20)13-8-4-5-9-18(13)21/h2-10H,1H3,(H,17,19)/t10-/m0/s1. The Labute approximate surface area is 131 Å². The van der Waals surface area contributed by atoms with Crippen LogP contribution in [0.4, 0.5) is 5.69 Å². The van der Waals surface area contributed by atoms with Crippen LogP contribution in [0.25, 0.3) is 0 Å². The molecule has 0 unspecified atom stereocenters. The molecule has 0 saturated heterocycles. The average molecular weight is 321 g/mol. The van der Waals surface area contributed by atoms with Gasteiger partial charge in [-0.15, -0.1) is 0 Å². The van der Waals surface area contributed by atoms with Crippen molar-refractivity contribution in [2.75, 3.05) is 5.32 Å². The van der Waals surface area contributed by atoms with Gasteiger partial charge in [-0.05, 0) is 25.1 Å². The van der Waals surface area contributed by atoms with E-state index in [1.54, 1.807) is 24.3 Å². The maximum absolute atomic E-state index is 12.0. The Kier molecular flexibility index (Phi) is 4.95. The van der Waals surface area contributed by atoms with Crippen LogP contribution in [0.15, 0.2) is 48.7 Å². The number of hydrogen-bond donors (Lipinski definition) is 1. The van der Waals surface area contributed by atoms with Crippen LogP contribution in [0, 0.1) is 5.21 Å². The highest BCUT2D eigenvalue weighted by Gasteiger charge is 2.24. The number of para-hydroxylation sites is 1. The lowest BCUT2D eigenvalue weighted by Gasteiger charge is -2.13. The third-order valence-corrected chi connectivity index (χ3v) is 3.15. The van der Waals surface area contributed by atoms with Crippen LogP contribution < -0.4 is 10.0 Å². The normalized spacial score (nSPS) is 11.5. The van der Waals surface area contributed by atoms with E-state index in [0.29, 0.717) is 15.4 Å². The predicted molar refractivity (Wildman–Crippen MR) is 80.4 cm³/mol. The highest BCUT2D eigenvalue weighted by atomic mass is 35.5. The van der Waals surface area contributed by atoms with Gasteiger partial charge in [-0.2, -0.15) is 4.73 Å². The van der Waals surface area contributed by atoms with Crippen LogP contribution in [-0.2, 0) is 9.53 Å². The number of carbonyl (C=O) groups is 2. The van der Waals surface area contributed by atoms with Crippen molar-refractivity contribution in [3.63, 3.8) is 0 Å². The zero-order valence-corrected chi connectivity index (χ0v) is 12.4. The Bertz CT molecular complexity index is 705. The first-order chi connectivity index (χ1) is 10.5. The summed E-state index contributed by atoms with van der Waals surface area (Å²) in [4.78, 5) is 23.8. The van der Waals surface area contributed by atoms with Crippen LogP contribution >= 0.6 is 11.6 Å². The van der Waals surface area contributed by atoms with Crippen molar-refractivity contribution in [2.45, 2.75) is 13.0 Å². The van der Waals surface area contributed by atoms with Gasteiger partial charge in [0, 0.05) is 12.1 Å². The molecule has 1 N–H and O–H groups in total. The van der Waals surface area contributed by atoms with Gasteiger partial charge in [0.15, 0.2) is 12.3 Å². The summed E-state index contributed by atoms with van der Waals surface area (Å²) in [7, 11) is 0. The van der Waals surface area contributed by atoms with E-state index in [2.05, 4.69) is 5.32 Å². The van der Waals surface area contributed by atoms with Gasteiger partial charge in [0.1, 0.15) is 0 Å². The fourth-order valence-electron chi connectivity index (χ4n) is 1.66. The molecule has 0 aliphatic heterocycles. The number of pyridine rings is 1. The lowest BCUT2D eigenvalue weighted by Crippen LogP contribution is -2.37. The van der Waals surface area contributed by atoms with Crippen molar-refractivity contribution >= 4 is 29.2 Å². The highest BCUT2D eigenvalue weighted by molar-refractivity contribution is 6.33. The van der Waals surface area contributed by atoms with E-state index < -0.39 is 18.0 Å². The molecule has 2 aromatic rings. The maximum Gasteiger partial charge on any atom is 0.405 e. The molecule has 1 heterocycles. The maximum atomic E-state index is 12.0. The van der Waals surface area contributed by atoms with Crippen molar-refractivity contribution < 1.29 is 19.1 Å². The molecule has 0 saturated carbocycles. The van der Waals surface area contributed by atoms with Gasteiger partial charge >= 0.3 is 11.7 Å². The molecule has 0 radical (unpaired) electrons. The Morgan fingerprint density at radius 3 is 2.59 bits per heavy atom. The summed E-state index contributed by atoms with van der Waals surface area (Å²) in [6.45, 7) is 1.40. The number of ether oxygens (including phenoxy) is 1. The van der Waals surface area contributed by atoms with Crippen LogP contribution in [0.3, 0.4) is 0 Å². The van der Waals surface area contributed by atoms with Crippen molar-refractivity contribution in [3.8, 4) is 0 Å². The van der Waals surface area contributed by atoms with E-state index in [-0.39, 0.29) is 5.69 Å². The number of halogens is 1. The summed E-state index contributed by atoms with van der Waals surface area (Å²) >= 11 is 5.93. The van der Waals surface area contributed by atoms with Crippen molar-refractivity contribution in [1.82, 2.24) is 0 Å². The van der Waals surface area contributed by atoms with E-state index in [0.717, 1.165) is 0 Å². The molecular weight excluding hydrogens is 308 g/mol. The Balaban J connectivity index is 2.01. The molecule has 0 aliphatic carbocycles. The molecular formula is C15H13ClN2O4. The van der Waals surface area contributed by atoms with Gasteiger partial charge in [-0.1, -0.05) is 23.7 Å². The van der Waals surface area contributed by atoms with E-state index >= 15 is 0 Å². The minimum atomic E-state index is -1.08. The number of nitrogens with zero attached hydrogens (tertiary/aromatic N) is 1. The fraction of sp³-hybridized carbons (Fsp3) is 0.133. The SMILES string of the molecule is C[C@H](OC(=O)c1cccc[n+]1[O-])C(=O)Nc1ccccc1Cl. The summed E-state index contributed by atoms with van der Waals surface area (Å²) in [5, 5.41) is 14.4. The smallest absolute Gasteiger partial charge is 0.405 e. The Hall–Kier alpha value is -2.60. The summed E-state index contributed by atoms with van der Waals surface area (Å²) in [5.74, 6) is -1.42. The first-order valence-electron chi connectivity index (χ1n) is 6.43. The molecule has 6 nitrogen and oxygen atoms in total. The number of rotatable bonds is 4. The molecule has 22 heavy (non-hydrogen) atoms. The predicted octanol–water partition coefficient (Wildman–Crippen LogP) is 2.16. The molecule has 2 rings (SSSR count). The topological polar surface area (TPSA) is 82.3 Å². The molecule has 114 valence electrons. The lowest BCUT2D eigenvalue weighted by atomic mass is 10.3. The number of hydrogen-bond acceptors (Lipinski definition) is 4. The molecule has 0 spiro atoms. The second-order valence-corrected chi connectivity index (χ2v) is 4.84. The van der Waals surface area contributed by atoms with Gasteiger partial charge < -0.3 is 15.3 Å². The number of carbonyl (C=O) groups excluding carboxylic acids is 2. The number of amides is 1. The fourth-order valence-corrected chi connectivity index (χ4v) is 1.84. The molecule has 1 aromatic heterocycles. The molecule has 7 heteroatoms. The van der Waals surface area contributed by atoms with Gasteiger partial charge in [0.05, 0.1) is 10.7 Å². The van der Waals surface area contributed by atoms with Crippen molar-refractivity contribution in [3.05, 3.63) is 64.6 Å². The first kappa shape index (κ1) is 15.8. The van der Waals surface area contributed by atoms with Crippen molar-refractivity contribution in [1.29, 1.82) is 0 Å². The van der Waals surface area contributed by atoms with Gasteiger partial charge in [-0.25, -0.2) is 4.79 Å². The minimum Gasteiger partial charge on any atom is -0.618 e. The monoisotopic (exact) mass is 320 g/mol. The third-order valence-electron chi connectivity index (χ3n) is 2.82. The quantitative estimate of drug-likeness (QED) is 0.531. The minimum absolute atomic E-state index is 0.195. The molecule has 0 aliphatic rings. The molecule has 1 atom stereocenters. The van der Waals surface area contributed by atoms with E-state index in [1.165, 1.54) is 31.3 Å². The number of nitrogens with one attached hydrogen (secondary N) is 1. The number of anilines is 1. The van der Waals surface area contributed by atoms with Gasteiger partial charge in [0.25, 0.3) is 5.91 Å². The summed E-state index contributed by atoms with van der Waals surface area (Å²) in [6, 6.07) is 11.0. The Morgan fingerprint density at radius 1 is 1.23 bits per heavy atom. The number of aromatic nitrogens is 1. The molecule has 0 bridgehead atoms. The largest absolute Gasteiger partial charge is 0.618 e. The zero-order valence-electron chi connectivity index (χ0n) is 11.7. The van der Waals surface area contributed by atoms with E-state index in [1.807, 2.05) is 0 Å². The van der Waals surface area contributed by atoms with Crippen LogP contribution in [0.2, 0.25) is 5.02 Å². The van der Waals surface area contributed by atoms with Crippen molar-refractivity contribution in [2.24, 2.45) is 0 Å². The zero-order chi connectivity index (χ0) is 16.1. The van der Waals surface area contributed by atoms with Gasteiger partial charge in [-0.3, -0.25) is 4.79 Å². The Morgan fingerprint density at radius 2 is 1.91 bits per heavy atom. The van der Waals surface area contributed by atoms with Crippen LogP contribution in [0.1, 0.15) is 17.4 Å². The highest BCUT2D eigenvalue weighted by Crippen LogP contribution is 2.20. The third kappa shape index (κ3) is 3.73. The second-order valence-electron chi connectivity index (χ2n) is 4.43. The molecule has 1 aromatic carbocycles. The molecule has 0 fully saturated rings. The van der Waals surface area contributed by atoms with Crippen LogP contribution in [-0.4, -0.2) is 18.0 Å². The summed E-state index contributed by atoms with van der Waals surface area (Å²) in [5.41, 5.74) is 0.218. The summed E-state index contributed by atoms with van der Waals surface area (Å²) < 4.78 is 5.35. The van der Waals surface area contributed by atoms with E-state index in [9.17, 15) is 14.8 Å². The van der Waals surface area contributed by atoms with E-state index in [4.69, 9.17) is 16.3 Å². The number of benzene rings is 1. The summed E-state index contributed by atoms with van der Waals surface area (Å²) in [6.07, 6.45) is 0.0921. The van der Waals surface area contributed by atoms with Crippen LogP contribution in [0.5, 0.6) is 0 Å². The first-order valence-corrected chi connectivity index (χ1v) is 6.81. The lowest BCUT2D eigenvalue weighted by molar-refractivity contribution is -0.608. The van der Waals surface area contributed by atoms with Gasteiger partial charge in [0.2, 0.25) is 0 Å². The molecule has 1 amide bonds. The second kappa shape index (κ2) is 6.91. The average Bonchev–Trinajstić information content (AvgIpc) is 2.49.